The van der Waals surface area contributed by atoms with Crippen LogP contribution in [0.4, 0.5) is 0 Å². The molecular weight excluding hydrogens is 272 g/mol. The van der Waals surface area contributed by atoms with Gasteiger partial charge in [0.05, 0.1) is 0 Å². The van der Waals surface area contributed by atoms with E-state index in [1.54, 1.807) is 26.5 Å². The van der Waals surface area contributed by atoms with Gasteiger partial charge in [0.1, 0.15) is 0 Å². The van der Waals surface area contributed by atoms with Crippen molar-refractivity contribution in [3.05, 3.63) is 26.5 Å². The molecule has 0 atom stereocenters. The molecule has 1 aromatic heterocycles. The Morgan fingerprint density at radius 1 is 0.857 bits per heavy atom. The van der Waals surface area contributed by atoms with Crippen LogP contribution in [0.1, 0.15) is 91.0 Å². The highest BCUT2D eigenvalue weighted by Crippen LogP contribution is 2.47. The second kappa shape index (κ2) is 5.91. The number of thiophene rings is 1. The van der Waals surface area contributed by atoms with Gasteiger partial charge in [-0.15, -0.1) is 11.3 Å². The molecule has 0 amide bonds. The summed E-state index contributed by atoms with van der Waals surface area (Å²) in [4.78, 5) is 3.26. The molecule has 0 nitrogen and oxygen atoms in total. The average Bonchev–Trinajstić information content (AvgIpc) is 3.05. The summed E-state index contributed by atoms with van der Waals surface area (Å²) in [5, 5.41) is 0. The molecule has 21 heavy (non-hydrogen) atoms. The van der Waals surface area contributed by atoms with Crippen molar-refractivity contribution < 1.29 is 0 Å². The van der Waals surface area contributed by atoms with E-state index in [2.05, 4.69) is 24.3 Å². The third kappa shape index (κ3) is 2.63. The van der Waals surface area contributed by atoms with Crippen molar-refractivity contribution in [3.8, 4) is 0 Å². The monoisotopic (exact) mass is 300 g/mol. The molecule has 0 spiro atoms. The number of allylic oxidation sites excluding steroid dienone is 1. The van der Waals surface area contributed by atoms with Crippen molar-refractivity contribution in [2.24, 2.45) is 5.92 Å². The first-order chi connectivity index (χ1) is 10.3. The Morgan fingerprint density at radius 2 is 1.48 bits per heavy atom. The van der Waals surface area contributed by atoms with Crippen molar-refractivity contribution in [1.29, 1.82) is 0 Å². The summed E-state index contributed by atoms with van der Waals surface area (Å²) in [6.45, 7) is 2.38. The van der Waals surface area contributed by atoms with Crippen LogP contribution in [0, 0.1) is 12.8 Å². The van der Waals surface area contributed by atoms with Crippen molar-refractivity contribution in [2.45, 2.75) is 83.5 Å². The Hall–Kier alpha value is -0.560. The number of hydrogen-bond donors (Lipinski definition) is 0. The molecule has 1 heteroatoms. The Kier molecular flexibility index (Phi) is 3.96. The van der Waals surface area contributed by atoms with E-state index in [0.29, 0.717) is 0 Å². The van der Waals surface area contributed by atoms with Crippen LogP contribution in [0.2, 0.25) is 0 Å². The maximum atomic E-state index is 2.59. The molecule has 2 fully saturated rings. The van der Waals surface area contributed by atoms with Crippen LogP contribution in [0.5, 0.6) is 0 Å². The van der Waals surface area contributed by atoms with Gasteiger partial charge in [0.25, 0.3) is 0 Å². The lowest BCUT2D eigenvalue weighted by Crippen LogP contribution is -2.11. The zero-order valence-corrected chi connectivity index (χ0v) is 14.2. The van der Waals surface area contributed by atoms with E-state index in [4.69, 9.17) is 0 Å². The molecule has 0 bridgehead atoms. The van der Waals surface area contributed by atoms with E-state index in [1.165, 1.54) is 70.6 Å². The summed E-state index contributed by atoms with van der Waals surface area (Å²) in [5.41, 5.74) is 5.33. The van der Waals surface area contributed by atoms with Crippen molar-refractivity contribution in [3.63, 3.8) is 0 Å². The highest BCUT2D eigenvalue weighted by molar-refractivity contribution is 7.13. The van der Waals surface area contributed by atoms with Gasteiger partial charge >= 0.3 is 0 Å². The molecule has 0 N–H and O–H groups in total. The summed E-state index contributed by atoms with van der Waals surface area (Å²) in [6.07, 6.45) is 18.5. The lowest BCUT2D eigenvalue weighted by atomic mass is 9.80. The quantitative estimate of drug-likeness (QED) is 0.575. The third-order valence-electron chi connectivity index (χ3n) is 6.11. The summed E-state index contributed by atoms with van der Waals surface area (Å²) in [5.74, 6) is 1.80. The first-order valence-electron chi connectivity index (χ1n) is 9.15. The van der Waals surface area contributed by atoms with Gasteiger partial charge in [-0.25, -0.2) is 0 Å². The fourth-order valence-electron chi connectivity index (χ4n) is 5.01. The van der Waals surface area contributed by atoms with E-state index in [1.807, 2.05) is 0 Å². The van der Waals surface area contributed by atoms with Crippen LogP contribution in [0.15, 0.2) is 5.57 Å². The van der Waals surface area contributed by atoms with Crippen LogP contribution in [-0.2, 0) is 6.42 Å². The molecule has 2 saturated carbocycles. The fraction of sp³-hybridized carbons (Fsp3) is 0.700. The van der Waals surface area contributed by atoms with Crippen LogP contribution in [-0.4, -0.2) is 0 Å². The summed E-state index contributed by atoms with van der Waals surface area (Å²) >= 11 is 2.09. The SMILES string of the molecule is Cc1sc2c(c1C1CCCCC1)CC(C1CCCCC1)=C2. The lowest BCUT2D eigenvalue weighted by molar-refractivity contribution is 0.400. The van der Waals surface area contributed by atoms with Crippen LogP contribution in [0.25, 0.3) is 6.08 Å². The minimum Gasteiger partial charge on any atom is -0.141 e. The van der Waals surface area contributed by atoms with Gasteiger partial charge in [-0.05, 0) is 68.1 Å². The summed E-state index contributed by atoms with van der Waals surface area (Å²) < 4.78 is 0. The number of aryl methyl sites for hydroxylation is 1. The molecule has 1 aromatic rings. The van der Waals surface area contributed by atoms with Crippen molar-refractivity contribution in [1.82, 2.24) is 0 Å². The van der Waals surface area contributed by atoms with Crippen LogP contribution in [0.3, 0.4) is 0 Å². The maximum absolute atomic E-state index is 2.59. The smallest absolute Gasteiger partial charge is 0.0311 e. The molecule has 114 valence electrons. The van der Waals surface area contributed by atoms with E-state index >= 15 is 0 Å². The lowest BCUT2D eigenvalue weighted by Gasteiger charge is -2.25. The molecule has 0 aliphatic heterocycles. The van der Waals surface area contributed by atoms with Crippen LogP contribution < -0.4 is 0 Å². The molecule has 0 saturated heterocycles. The molecule has 3 aliphatic rings. The van der Waals surface area contributed by atoms with E-state index in [9.17, 15) is 0 Å². The molecule has 0 unspecified atom stereocenters. The molecule has 3 aliphatic carbocycles. The first kappa shape index (κ1) is 14.1. The number of rotatable bonds is 2. The molecule has 0 aromatic carbocycles. The topological polar surface area (TPSA) is 0 Å². The molecule has 4 rings (SSSR count). The Balaban J connectivity index is 1.58. The number of hydrogen-bond acceptors (Lipinski definition) is 1. The fourth-order valence-corrected chi connectivity index (χ4v) is 6.26. The zero-order valence-electron chi connectivity index (χ0n) is 13.4. The van der Waals surface area contributed by atoms with Gasteiger partial charge < -0.3 is 0 Å². The van der Waals surface area contributed by atoms with Gasteiger partial charge in [-0.2, -0.15) is 0 Å². The second-order valence-electron chi connectivity index (χ2n) is 7.48. The van der Waals surface area contributed by atoms with Gasteiger partial charge in [-0.3, -0.25) is 0 Å². The summed E-state index contributed by atoms with van der Waals surface area (Å²) in [6, 6.07) is 0. The highest BCUT2D eigenvalue weighted by atomic mass is 32.1. The largest absolute Gasteiger partial charge is 0.141 e. The maximum Gasteiger partial charge on any atom is 0.0311 e. The Morgan fingerprint density at radius 3 is 2.14 bits per heavy atom. The number of fused-ring (bicyclic) bond motifs is 1. The first-order valence-corrected chi connectivity index (χ1v) is 9.97. The minimum absolute atomic E-state index is 0.887. The zero-order chi connectivity index (χ0) is 14.2. The van der Waals surface area contributed by atoms with Gasteiger partial charge in [0.2, 0.25) is 0 Å². The Bertz CT molecular complexity index is 536. The Labute approximate surface area is 133 Å². The second-order valence-corrected chi connectivity index (χ2v) is 8.74. The van der Waals surface area contributed by atoms with Gasteiger partial charge in [-0.1, -0.05) is 44.1 Å². The van der Waals surface area contributed by atoms with Gasteiger partial charge in [0.15, 0.2) is 0 Å². The standard InChI is InChI=1S/C20H28S/c1-14-20(16-10-6-3-7-11-16)18-12-17(13-19(18)21-14)15-8-4-2-5-9-15/h13,15-16H,2-12H2,1H3. The molecule has 0 radical (unpaired) electrons. The van der Waals surface area contributed by atoms with Gasteiger partial charge in [0, 0.05) is 9.75 Å². The van der Waals surface area contributed by atoms with Crippen molar-refractivity contribution >= 4 is 17.4 Å². The molecular formula is C20H28S. The summed E-state index contributed by atoms with van der Waals surface area (Å²) in [7, 11) is 0. The third-order valence-corrected chi connectivity index (χ3v) is 7.22. The van der Waals surface area contributed by atoms with E-state index in [0.717, 1.165) is 11.8 Å². The normalized spacial score (nSPS) is 24.1. The average molecular weight is 301 g/mol. The molecule has 1 heterocycles. The van der Waals surface area contributed by atoms with E-state index in [-0.39, 0.29) is 0 Å². The minimum atomic E-state index is 0.887. The van der Waals surface area contributed by atoms with Crippen LogP contribution >= 0.6 is 11.3 Å². The predicted octanol–water partition coefficient (Wildman–Crippen LogP) is 6.62. The predicted molar refractivity (Wildman–Crippen MR) is 93.1 cm³/mol. The van der Waals surface area contributed by atoms with Crippen molar-refractivity contribution in [2.75, 3.05) is 0 Å². The van der Waals surface area contributed by atoms with E-state index < -0.39 is 0 Å². The highest BCUT2D eigenvalue weighted by Gasteiger charge is 2.29.